The van der Waals surface area contributed by atoms with E-state index in [0.29, 0.717) is 36.9 Å². The minimum absolute atomic E-state index is 0.325. The summed E-state index contributed by atoms with van der Waals surface area (Å²) in [5, 5.41) is 12.5. The van der Waals surface area contributed by atoms with Crippen molar-refractivity contribution in [1.82, 2.24) is 4.98 Å². The predicted octanol–water partition coefficient (Wildman–Crippen LogP) is 1.22. The van der Waals surface area contributed by atoms with Gasteiger partial charge in [0, 0.05) is 25.4 Å². The first-order valence-electron chi connectivity index (χ1n) is 5.76. The van der Waals surface area contributed by atoms with Gasteiger partial charge in [0.25, 0.3) is 6.01 Å². The number of aliphatic hydroxyl groups is 1. The first-order valence-corrected chi connectivity index (χ1v) is 5.76. The van der Waals surface area contributed by atoms with Gasteiger partial charge in [-0.25, -0.2) is 0 Å². The number of hydrogen-bond donors (Lipinski definition) is 3. The summed E-state index contributed by atoms with van der Waals surface area (Å²) in [6.07, 6.45) is 0.0804. The van der Waals surface area contributed by atoms with E-state index in [0.717, 1.165) is 5.52 Å². The van der Waals surface area contributed by atoms with Gasteiger partial charge in [0.05, 0.1) is 12.7 Å². The molecule has 0 aliphatic rings. The van der Waals surface area contributed by atoms with Crippen LogP contribution in [0.15, 0.2) is 22.6 Å². The van der Waals surface area contributed by atoms with Crippen molar-refractivity contribution in [2.75, 3.05) is 31.3 Å². The third kappa shape index (κ3) is 3.12. The van der Waals surface area contributed by atoms with Crippen LogP contribution in [0.4, 0.5) is 11.7 Å². The molecule has 1 heterocycles. The van der Waals surface area contributed by atoms with E-state index >= 15 is 0 Å². The van der Waals surface area contributed by atoms with E-state index in [1.54, 1.807) is 25.3 Å². The quantitative estimate of drug-likeness (QED) is 0.668. The summed E-state index contributed by atoms with van der Waals surface area (Å²) in [5.41, 5.74) is 7.69. The van der Waals surface area contributed by atoms with E-state index in [1.165, 1.54) is 0 Å². The highest BCUT2D eigenvalue weighted by molar-refractivity contribution is 5.77. The number of nitrogen functional groups attached to an aromatic ring is 1. The highest BCUT2D eigenvalue weighted by Gasteiger charge is 2.07. The second kappa shape index (κ2) is 5.70. The van der Waals surface area contributed by atoms with Gasteiger partial charge in [-0.1, -0.05) is 0 Å². The predicted molar refractivity (Wildman–Crippen MR) is 69.4 cm³/mol. The summed E-state index contributed by atoms with van der Waals surface area (Å²) in [6, 6.07) is 5.74. The molecule has 0 spiro atoms. The number of aromatic nitrogens is 1. The summed E-state index contributed by atoms with van der Waals surface area (Å²) in [4.78, 5) is 4.25. The topological polar surface area (TPSA) is 93.5 Å². The molecule has 0 amide bonds. The summed E-state index contributed by atoms with van der Waals surface area (Å²) >= 11 is 0. The Bertz CT molecular complexity index is 512. The Balaban J connectivity index is 1.92. The number of nitrogens with two attached hydrogens (primary N) is 1. The SMILES string of the molecule is COCC(O)CCNc1nc2ccc(N)cc2o1. The Morgan fingerprint density at radius 3 is 3.17 bits per heavy atom. The fourth-order valence-electron chi connectivity index (χ4n) is 1.64. The standard InChI is InChI=1S/C12H17N3O3/c1-17-7-9(16)4-5-14-12-15-10-3-2-8(13)6-11(10)18-12/h2-3,6,9,16H,4-5,7,13H2,1H3,(H,14,15). The van der Waals surface area contributed by atoms with Crippen LogP contribution in [0.3, 0.4) is 0 Å². The molecule has 0 fully saturated rings. The number of oxazole rings is 1. The van der Waals surface area contributed by atoms with Crippen LogP contribution in [0.1, 0.15) is 6.42 Å². The van der Waals surface area contributed by atoms with Gasteiger partial charge in [0.2, 0.25) is 0 Å². The van der Waals surface area contributed by atoms with E-state index in [4.69, 9.17) is 14.9 Å². The zero-order valence-electron chi connectivity index (χ0n) is 10.2. The summed E-state index contributed by atoms with van der Waals surface area (Å²) in [6.45, 7) is 0.888. The van der Waals surface area contributed by atoms with Crippen molar-refractivity contribution in [3.05, 3.63) is 18.2 Å². The maximum absolute atomic E-state index is 9.47. The molecular weight excluding hydrogens is 234 g/mol. The van der Waals surface area contributed by atoms with Crippen LogP contribution in [0.5, 0.6) is 0 Å². The van der Waals surface area contributed by atoms with E-state index in [2.05, 4.69) is 10.3 Å². The van der Waals surface area contributed by atoms with Crippen LogP contribution in [-0.2, 0) is 4.74 Å². The van der Waals surface area contributed by atoms with Crippen molar-refractivity contribution in [3.63, 3.8) is 0 Å². The molecule has 98 valence electrons. The zero-order valence-corrected chi connectivity index (χ0v) is 10.2. The van der Waals surface area contributed by atoms with Crippen LogP contribution in [-0.4, -0.2) is 36.5 Å². The zero-order chi connectivity index (χ0) is 13.0. The highest BCUT2D eigenvalue weighted by atomic mass is 16.5. The number of fused-ring (bicyclic) bond motifs is 1. The molecule has 1 atom stereocenters. The molecule has 1 unspecified atom stereocenters. The maximum Gasteiger partial charge on any atom is 0.295 e. The molecule has 2 rings (SSSR count). The van der Waals surface area contributed by atoms with Gasteiger partial charge in [0.1, 0.15) is 5.52 Å². The molecule has 6 heteroatoms. The number of aliphatic hydroxyl groups excluding tert-OH is 1. The van der Waals surface area contributed by atoms with Gasteiger partial charge >= 0.3 is 0 Å². The molecule has 0 bridgehead atoms. The van der Waals surface area contributed by atoms with Gasteiger partial charge in [-0.2, -0.15) is 4.98 Å². The molecule has 1 aromatic heterocycles. The lowest BCUT2D eigenvalue weighted by Crippen LogP contribution is -2.18. The normalized spacial score (nSPS) is 12.8. The number of anilines is 2. The monoisotopic (exact) mass is 251 g/mol. The lowest BCUT2D eigenvalue weighted by atomic mass is 10.3. The molecule has 1 aromatic carbocycles. The smallest absolute Gasteiger partial charge is 0.295 e. The van der Waals surface area contributed by atoms with Gasteiger partial charge in [0.15, 0.2) is 5.58 Å². The minimum Gasteiger partial charge on any atom is -0.423 e. The summed E-state index contributed by atoms with van der Waals surface area (Å²) in [5.74, 6) is 0. The number of nitrogens with zero attached hydrogens (tertiary/aromatic N) is 1. The molecule has 0 saturated carbocycles. The second-order valence-corrected chi connectivity index (χ2v) is 4.07. The molecule has 4 N–H and O–H groups in total. The van der Waals surface area contributed by atoms with Crippen molar-refractivity contribution in [3.8, 4) is 0 Å². The first-order chi connectivity index (χ1) is 8.69. The van der Waals surface area contributed by atoms with Crippen LogP contribution in [0.2, 0.25) is 0 Å². The number of hydrogen-bond acceptors (Lipinski definition) is 6. The van der Waals surface area contributed by atoms with E-state index < -0.39 is 6.10 Å². The average Bonchev–Trinajstić information content (AvgIpc) is 2.71. The largest absolute Gasteiger partial charge is 0.423 e. The molecule has 0 radical (unpaired) electrons. The molecule has 18 heavy (non-hydrogen) atoms. The maximum atomic E-state index is 9.47. The van der Waals surface area contributed by atoms with E-state index in [1.807, 2.05) is 0 Å². The van der Waals surface area contributed by atoms with Crippen molar-refractivity contribution < 1.29 is 14.3 Å². The highest BCUT2D eigenvalue weighted by Crippen LogP contribution is 2.20. The number of ether oxygens (including phenoxy) is 1. The Hall–Kier alpha value is -1.79. The summed E-state index contributed by atoms with van der Waals surface area (Å²) < 4.78 is 10.3. The van der Waals surface area contributed by atoms with Gasteiger partial charge in [-0.3, -0.25) is 0 Å². The number of methoxy groups -OCH3 is 1. The molecule has 0 aliphatic heterocycles. The average molecular weight is 251 g/mol. The van der Waals surface area contributed by atoms with Crippen molar-refractivity contribution in [2.45, 2.75) is 12.5 Å². The first kappa shape index (κ1) is 12.7. The van der Waals surface area contributed by atoms with Gasteiger partial charge in [-0.05, 0) is 18.6 Å². The van der Waals surface area contributed by atoms with Gasteiger partial charge < -0.3 is 25.3 Å². The lowest BCUT2D eigenvalue weighted by molar-refractivity contribution is 0.0615. The van der Waals surface area contributed by atoms with Crippen LogP contribution < -0.4 is 11.1 Å². The van der Waals surface area contributed by atoms with Crippen LogP contribution >= 0.6 is 0 Å². The molecule has 0 aliphatic carbocycles. The third-order valence-corrected chi connectivity index (χ3v) is 2.53. The second-order valence-electron chi connectivity index (χ2n) is 4.07. The van der Waals surface area contributed by atoms with Crippen molar-refractivity contribution >= 4 is 22.8 Å². The van der Waals surface area contributed by atoms with Crippen molar-refractivity contribution in [1.29, 1.82) is 0 Å². The van der Waals surface area contributed by atoms with Crippen LogP contribution in [0.25, 0.3) is 11.1 Å². The lowest BCUT2D eigenvalue weighted by Gasteiger charge is -2.08. The Kier molecular flexibility index (Phi) is 4.01. The number of rotatable bonds is 6. The van der Waals surface area contributed by atoms with Crippen LogP contribution in [0, 0.1) is 0 Å². The van der Waals surface area contributed by atoms with Crippen molar-refractivity contribution in [2.24, 2.45) is 0 Å². The number of nitrogens with one attached hydrogen (secondary N) is 1. The fourth-order valence-corrected chi connectivity index (χ4v) is 1.64. The molecule has 2 aromatic rings. The Morgan fingerprint density at radius 1 is 1.56 bits per heavy atom. The summed E-state index contributed by atoms with van der Waals surface area (Å²) in [7, 11) is 1.56. The Morgan fingerprint density at radius 2 is 2.39 bits per heavy atom. The minimum atomic E-state index is -0.484. The molecule has 6 nitrogen and oxygen atoms in total. The molecular formula is C12H17N3O3. The Labute approximate surface area is 105 Å². The third-order valence-electron chi connectivity index (χ3n) is 2.53. The number of benzene rings is 1. The van der Waals surface area contributed by atoms with Gasteiger partial charge in [-0.15, -0.1) is 0 Å². The van der Waals surface area contributed by atoms with E-state index in [9.17, 15) is 5.11 Å². The van der Waals surface area contributed by atoms with E-state index in [-0.39, 0.29) is 0 Å². The molecule has 0 saturated heterocycles. The fraction of sp³-hybridized carbons (Fsp3) is 0.417.